The molecule has 5 heterocycles. The zero-order chi connectivity index (χ0) is 30.3. The Morgan fingerprint density at radius 2 is 2.12 bits per heavy atom. The van der Waals surface area contributed by atoms with Gasteiger partial charge in [-0.15, -0.1) is 23.1 Å². The van der Waals surface area contributed by atoms with Crippen LogP contribution in [0.2, 0.25) is 0 Å². The van der Waals surface area contributed by atoms with Crippen molar-refractivity contribution in [3.63, 3.8) is 0 Å². The number of aromatic nitrogens is 3. The van der Waals surface area contributed by atoms with Crippen molar-refractivity contribution in [2.75, 3.05) is 11.5 Å². The van der Waals surface area contributed by atoms with Gasteiger partial charge in [-0.1, -0.05) is 5.16 Å². The standard InChI is InChI=1S/C25H22N8O7S2/c1-25(2,23(38)39)40-30-16(14-11-42-24(27)28-14)19(34)29-17-20(35)33-18(22(36)37)13(10-41-21(17)33)9-32-6-5-31-8-12(7-26)3-4-15(31)32/h3-6,8,11,17,21H,9-10H2,1-2H3,(H4-,27,28,29,34,36,37,38,39)/p+1/t17-,21+/m1/s1. The van der Waals surface area contributed by atoms with E-state index in [-0.39, 0.29) is 28.8 Å². The van der Waals surface area contributed by atoms with Crippen LogP contribution in [0.25, 0.3) is 5.65 Å². The summed E-state index contributed by atoms with van der Waals surface area (Å²) in [5, 5.41) is 35.6. The summed E-state index contributed by atoms with van der Waals surface area (Å²) in [6.45, 7) is 2.67. The lowest BCUT2D eigenvalue weighted by Crippen LogP contribution is -2.71. The quantitative estimate of drug-likeness (QED) is 0.111. The maximum atomic E-state index is 13.2. The Labute approximate surface area is 245 Å². The summed E-state index contributed by atoms with van der Waals surface area (Å²) in [7, 11) is 0. The normalized spacial score (nSPS) is 18.7. The number of amides is 2. The molecule has 0 radical (unpaired) electrons. The molecular weight excluding hydrogens is 588 g/mol. The van der Waals surface area contributed by atoms with Gasteiger partial charge in [-0.2, -0.15) is 5.26 Å². The Bertz CT molecular complexity index is 1750. The van der Waals surface area contributed by atoms with Gasteiger partial charge in [-0.25, -0.2) is 23.5 Å². The highest BCUT2D eigenvalue weighted by Crippen LogP contribution is 2.40. The van der Waals surface area contributed by atoms with Gasteiger partial charge in [0.15, 0.2) is 10.8 Å². The molecule has 0 unspecified atom stereocenters. The molecule has 0 aliphatic carbocycles. The lowest BCUT2D eigenvalue weighted by Gasteiger charge is -2.49. The molecule has 3 aromatic heterocycles. The number of nitrogens with one attached hydrogen (secondary N) is 1. The zero-order valence-corrected chi connectivity index (χ0v) is 23.7. The molecule has 42 heavy (non-hydrogen) atoms. The van der Waals surface area contributed by atoms with Gasteiger partial charge in [-0.05, 0) is 19.9 Å². The van der Waals surface area contributed by atoms with Crippen molar-refractivity contribution >= 4 is 63.3 Å². The van der Waals surface area contributed by atoms with Crippen LogP contribution in [0.3, 0.4) is 0 Å². The zero-order valence-electron chi connectivity index (χ0n) is 22.0. The largest absolute Gasteiger partial charge is 0.478 e. The number of hydrogen-bond donors (Lipinski definition) is 4. The summed E-state index contributed by atoms with van der Waals surface area (Å²) in [6, 6.07) is 4.38. The third-order valence-electron chi connectivity index (χ3n) is 6.54. The number of oxime groups is 1. The molecule has 0 bridgehead atoms. The molecule has 5 N–H and O–H groups in total. The van der Waals surface area contributed by atoms with Gasteiger partial charge in [0.2, 0.25) is 5.60 Å². The second kappa shape index (κ2) is 10.8. The Kier molecular flexibility index (Phi) is 7.34. The van der Waals surface area contributed by atoms with Crippen LogP contribution in [0, 0.1) is 11.3 Å². The maximum absolute atomic E-state index is 13.2. The maximum Gasteiger partial charge on any atom is 0.352 e. The van der Waals surface area contributed by atoms with E-state index in [1.54, 1.807) is 35.1 Å². The summed E-state index contributed by atoms with van der Waals surface area (Å²) < 4.78 is 3.56. The number of carbonyl (C=O) groups excluding carboxylic acids is 2. The van der Waals surface area contributed by atoms with Crippen molar-refractivity contribution in [2.24, 2.45) is 5.16 Å². The van der Waals surface area contributed by atoms with Gasteiger partial charge < -0.3 is 26.1 Å². The number of imidazole rings is 1. The molecule has 3 aromatic rings. The average molecular weight is 612 g/mol. The number of nitrogen functional groups attached to an aromatic ring is 1. The van der Waals surface area contributed by atoms with E-state index in [0.29, 0.717) is 11.1 Å². The summed E-state index contributed by atoms with van der Waals surface area (Å²) in [4.78, 5) is 60.5. The molecule has 216 valence electrons. The number of thioether (sulfide) groups is 1. The monoisotopic (exact) mass is 611 g/mol. The SMILES string of the molecule is CC(C)(ON=C(C(=O)N[C@@H]1C(=O)N2C(C(=O)O)=C(C[n+]3ccn4cc(C#N)ccc43)CS[C@@H]12)c1csc(N)n1)C(=O)O. The lowest BCUT2D eigenvalue weighted by molar-refractivity contribution is -0.662. The summed E-state index contributed by atoms with van der Waals surface area (Å²) >= 11 is 2.31. The summed E-state index contributed by atoms with van der Waals surface area (Å²) in [5.41, 5.74) is 5.06. The number of anilines is 1. The number of nitrogens with zero attached hydrogens (tertiary/aromatic N) is 6. The Balaban J connectivity index is 1.37. The molecule has 0 saturated carbocycles. The van der Waals surface area contributed by atoms with Crippen LogP contribution in [0.4, 0.5) is 5.13 Å². The molecule has 0 spiro atoms. The molecule has 5 rings (SSSR count). The number of carboxylic acids is 2. The molecule has 1 saturated heterocycles. The smallest absolute Gasteiger partial charge is 0.352 e. The van der Waals surface area contributed by atoms with E-state index in [0.717, 1.165) is 21.9 Å². The minimum atomic E-state index is -1.77. The van der Waals surface area contributed by atoms with Crippen LogP contribution in [0.5, 0.6) is 0 Å². The van der Waals surface area contributed by atoms with E-state index in [1.165, 1.54) is 31.0 Å². The number of hydrogen-bond acceptors (Lipinski definition) is 11. The number of rotatable bonds is 9. The first-order valence-electron chi connectivity index (χ1n) is 12.2. The first kappa shape index (κ1) is 28.6. The van der Waals surface area contributed by atoms with Gasteiger partial charge in [0.25, 0.3) is 17.5 Å². The van der Waals surface area contributed by atoms with Gasteiger partial charge in [0.1, 0.15) is 54.0 Å². The van der Waals surface area contributed by atoms with Crippen molar-refractivity contribution in [1.82, 2.24) is 19.6 Å². The first-order chi connectivity index (χ1) is 19.9. The van der Waals surface area contributed by atoms with E-state index in [1.807, 2.05) is 4.57 Å². The molecular formula is C25H23N8O7S2+. The van der Waals surface area contributed by atoms with Crippen LogP contribution in [0.1, 0.15) is 25.1 Å². The second-order valence-corrected chi connectivity index (χ2v) is 11.8. The van der Waals surface area contributed by atoms with E-state index in [9.17, 15) is 29.4 Å². The number of fused-ring (bicyclic) bond motifs is 2. The highest BCUT2D eigenvalue weighted by Gasteiger charge is 2.54. The van der Waals surface area contributed by atoms with E-state index < -0.39 is 46.5 Å². The number of carbonyl (C=O) groups is 4. The number of thiazole rings is 1. The molecule has 15 nitrogen and oxygen atoms in total. The highest BCUT2D eigenvalue weighted by atomic mass is 32.2. The Hall–Kier alpha value is -4.95. The number of pyridine rings is 1. The van der Waals surface area contributed by atoms with Crippen molar-refractivity contribution in [1.29, 1.82) is 5.26 Å². The second-order valence-electron chi connectivity index (χ2n) is 9.76. The van der Waals surface area contributed by atoms with E-state index in [4.69, 9.17) is 15.8 Å². The number of carboxylic acid groups (broad SMARTS) is 2. The molecule has 2 aliphatic heterocycles. The number of nitrogens with two attached hydrogens (primary N) is 1. The third kappa shape index (κ3) is 5.12. The van der Waals surface area contributed by atoms with Crippen LogP contribution in [-0.2, 0) is 30.6 Å². The van der Waals surface area contributed by atoms with Crippen molar-refractivity contribution in [3.8, 4) is 6.07 Å². The fourth-order valence-electron chi connectivity index (χ4n) is 4.32. The van der Waals surface area contributed by atoms with Gasteiger partial charge in [-0.3, -0.25) is 14.5 Å². The predicted octanol–water partition coefficient (Wildman–Crippen LogP) is 0.160. The minimum Gasteiger partial charge on any atom is -0.478 e. The van der Waals surface area contributed by atoms with E-state index >= 15 is 0 Å². The van der Waals surface area contributed by atoms with Gasteiger partial charge >= 0.3 is 11.9 Å². The molecule has 2 atom stereocenters. The molecule has 0 aromatic carbocycles. The molecule has 17 heteroatoms. The van der Waals surface area contributed by atoms with Gasteiger partial charge in [0, 0.05) is 22.8 Å². The summed E-state index contributed by atoms with van der Waals surface area (Å²) in [5.74, 6) is -3.85. The number of nitriles is 1. The molecule has 2 amide bonds. The highest BCUT2D eigenvalue weighted by molar-refractivity contribution is 8.00. The topological polar surface area (TPSA) is 217 Å². The first-order valence-corrected chi connectivity index (χ1v) is 14.2. The van der Waals surface area contributed by atoms with Crippen molar-refractivity contribution in [3.05, 3.63) is 58.6 Å². The van der Waals surface area contributed by atoms with Crippen molar-refractivity contribution < 1.29 is 38.8 Å². The fourth-order valence-corrected chi connectivity index (χ4v) is 6.20. The predicted molar refractivity (Wildman–Crippen MR) is 148 cm³/mol. The minimum absolute atomic E-state index is 0.0169. The molecule has 1 fully saturated rings. The van der Waals surface area contributed by atoms with Crippen LogP contribution in [0.15, 0.2) is 52.5 Å². The fraction of sp³-hybridized carbons (Fsp3) is 0.280. The lowest BCUT2D eigenvalue weighted by atomic mass is 10.0. The van der Waals surface area contributed by atoms with Crippen LogP contribution in [-0.4, -0.2) is 76.7 Å². The third-order valence-corrected chi connectivity index (χ3v) is 8.56. The summed E-state index contributed by atoms with van der Waals surface area (Å²) in [6.07, 6.45) is 5.15. The molecule has 2 aliphatic rings. The Morgan fingerprint density at radius 1 is 1.36 bits per heavy atom. The number of β-lactam (4-membered cyclic amide) rings is 1. The Morgan fingerprint density at radius 3 is 2.76 bits per heavy atom. The average Bonchev–Trinajstić information content (AvgIpc) is 3.56. The van der Waals surface area contributed by atoms with Gasteiger partial charge in [0.05, 0.1) is 5.56 Å². The van der Waals surface area contributed by atoms with Crippen LogP contribution >= 0.6 is 23.1 Å². The van der Waals surface area contributed by atoms with Crippen molar-refractivity contribution in [2.45, 2.75) is 37.4 Å². The van der Waals surface area contributed by atoms with E-state index in [2.05, 4.69) is 21.5 Å². The van der Waals surface area contributed by atoms with Crippen LogP contribution < -0.4 is 15.6 Å². The number of aliphatic carboxylic acids is 2.